The lowest BCUT2D eigenvalue weighted by molar-refractivity contribution is 0.775. The number of anilines is 2. The zero-order valence-corrected chi connectivity index (χ0v) is 10.1. The summed E-state index contributed by atoms with van der Waals surface area (Å²) in [6.07, 6.45) is 2.78. The fourth-order valence-corrected chi connectivity index (χ4v) is 1.72. The van der Waals surface area contributed by atoms with Gasteiger partial charge in [-0.05, 0) is 29.3 Å². The van der Waals surface area contributed by atoms with Crippen molar-refractivity contribution in [2.24, 2.45) is 0 Å². The molecule has 0 unspecified atom stereocenters. The van der Waals surface area contributed by atoms with E-state index in [0.717, 1.165) is 29.8 Å². The maximum atomic E-state index is 5.55. The Morgan fingerprint density at radius 3 is 2.79 bits per heavy atom. The minimum absolute atomic E-state index is 0.317. The van der Waals surface area contributed by atoms with E-state index in [4.69, 9.17) is 5.73 Å². The van der Waals surface area contributed by atoms with Crippen molar-refractivity contribution in [2.75, 3.05) is 23.7 Å². The second kappa shape index (κ2) is 5.14. The summed E-state index contributed by atoms with van der Waals surface area (Å²) in [5.74, 6) is 1.19. The molecule has 4 nitrogen and oxygen atoms in total. The van der Waals surface area contributed by atoms with Gasteiger partial charge in [0, 0.05) is 19.3 Å². The third kappa shape index (κ3) is 2.57. The molecule has 78 valence electrons. The van der Waals surface area contributed by atoms with Gasteiger partial charge in [0.1, 0.15) is 5.82 Å². The molecule has 0 aliphatic carbocycles. The molecule has 5 heteroatoms. The van der Waals surface area contributed by atoms with Crippen molar-refractivity contribution in [1.29, 1.82) is 0 Å². The summed E-state index contributed by atoms with van der Waals surface area (Å²) in [4.78, 5) is 10.3. The van der Waals surface area contributed by atoms with E-state index in [2.05, 4.69) is 44.6 Å². The van der Waals surface area contributed by atoms with Crippen molar-refractivity contribution in [2.45, 2.75) is 20.3 Å². The normalized spacial score (nSPS) is 10.2. The summed E-state index contributed by atoms with van der Waals surface area (Å²) in [7, 11) is 0. The van der Waals surface area contributed by atoms with E-state index in [1.807, 2.05) is 0 Å². The minimum Gasteiger partial charge on any atom is -0.368 e. The molecule has 0 atom stereocenters. The average Bonchev–Trinajstić information content (AvgIpc) is 2.18. The van der Waals surface area contributed by atoms with Gasteiger partial charge in [-0.25, -0.2) is 4.98 Å². The summed E-state index contributed by atoms with van der Waals surface area (Å²) in [6.45, 7) is 6.13. The summed E-state index contributed by atoms with van der Waals surface area (Å²) in [6, 6.07) is 0. The van der Waals surface area contributed by atoms with Crippen LogP contribution in [0.3, 0.4) is 0 Å². The minimum atomic E-state index is 0.317. The van der Waals surface area contributed by atoms with Crippen molar-refractivity contribution in [1.82, 2.24) is 9.97 Å². The van der Waals surface area contributed by atoms with E-state index in [9.17, 15) is 0 Å². The van der Waals surface area contributed by atoms with Crippen molar-refractivity contribution in [3.8, 4) is 0 Å². The highest BCUT2D eigenvalue weighted by Gasteiger charge is 2.09. The zero-order chi connectivity index (χ0) is 10.6. The van der Waals surface area contributed by atoms with Gasteiger partial charge < -0.3 is 10.6 Å². The van der Waals surface area contributed by atoms with Crippen LogP contribution in [0.1, 0.15) is 20.3 Å². The monoisotopic (exact) mass is 258 g/mol. The molecule has 1 aromatic heterocycles. The third-order valence-corrected chi connectivity index (χ3v) is 2.48. The van der Waals surface area contributed by atoms with Crippen molar-refractivity contribution in [3.63, 3.8) is 0 Å². The Labute approximate surface area is 92.7 Å². The van der Waals surface area contributed by atoms with Gasteiger partial charge in [0.2, 0.25) is 5.95 Å². The summed E-state index contributed by atoms with van der Waals surface area (Å²) < 4.78 is 0.891. The zero-order valence-electron chi connectivity index (χ0n) is 8.50. The van der Waals surface area contributed by atoms with Crippen LogP contribution in [0.5, 0.6) is 0 Å². The Kier molecular flexibility index (Phi) is 4.13. The van der Waals surface area contributed by atoms with E-state index in [1.54, 1.807) is 6.20 Å². The Morgan fingerprint density at radius 2 is 2.21 bits per heavy atom. The second-order valence-corrected chi connectivity index (χ2v) is 3.83. The van der Waals surface area contributed by atoms with Gasteiger partial charge in [0.15, 0.2) is 0 Å². The molecule has 2 N–H and O–H groups in total. The first kappa shape index (κ1) is 11.2. The predicted molar refractivity (Wildman–Crippen MR) is 62.3 cm³/mol. The molecule has 1 aromatic rings. The highest BCUT2D eigenvalue weighted by atomic mass is 79.9. The van der Waals surface area contributed by atoms with Crippen LogP contribution in [0.4, 0.5) is 11.8 Å². The van der Waals surface area contributed by atoms with Crippen LogP contribution in [-0.2, 0) is 0 Å². The SMILES string of the molecule is CCCN(CC)c1nc(N)ncc1Br. The molecular weight excluding hydrogens is 244 g/mol. The number of rotatable bonds is 4. The number of hydrogen-bond acceptors (Lipinski definition) is 4. The molecule has 0 aliphatic rings. The van der Waals surface area contributed by atoms with E-state index in [0.29, 0.717) is 5.95 Å². The lowest BCUT2D eigenvalue weighted by Gasteiger charge is -2.22. The van der Waals surface area contributed by atoms with Gasteiger partial charge in [-0.3, -0.25) is 0 Å². The Hall–Kier alpha value is -0.840. The Bertz CT molecular complexity index is 303. The molecule has 0 saturated heterocycles. The fraction of sp³-hybridized carbons (Fsp3) is 0.556. The Morgan fingerprint density at radius 1 is 1.50 bits per heavy atom. The molecule has 0 radical (unpaired) electrons. The van der Waals surface area contributed by atoms with E-state index < -0.39 is 0 Å². The molecule has 0 aromatic carbocycles. The second-order valence-electron chi connectivity index (χ2n) is 2.98. The topological polar surface area (TPSA) is 55.0 Å². The molecule has 0 aliphatic heterocycles. The molecule has 0 saturated carbocycles. The first-order valence-corrected chi connectivity index (χ1v) is 5.51. The fourth-order valence-electron chi connectivity index (χ4n) is 1.28. The van der Waals surface area contributed by atoms with Crippen LogP contribution < -0.4 is 10.6 Å². The van der Waals surface area contributed by atoms with Gasteiger partial charge in [0.25, 0.3) is 0 Å². The highest BCUT2D eigenvalue weighted by molar-refractivity contribution is 9.10. The molecule has 0 amide bonds. The number of halogens is 1. The van der Waals surface area contributed by atoms with Gasteiger partial charge in [-0.1, -0.05) is 6.92 Å². The predicted octanol–water partition coefficient (Wildman–Crippen LogP) is 2.06. The first-order chi connectivity index (χ1) is 6.69. The van der Waals surface area contributed by atoms with Crippen LogP contribution in [0.2, 0.25) is 0 Å². The van der Waals surface area contributed by atoms with E-state index >= 15 is 0 Å². The molecule has 1 rings (SSSR count). The number of nitrogen functional groups attached to an aromatic ring is 1. The molecule has 0 fully saturated rings. The standard InChI is InChI=1S/C9H15BrN4/c1-3-5-14(4-2)8-7(10)6-12-9(11)13-8/h6H,3-5H2,1-2H3,(H2,11,12,13). The number of nitrogens with two attached hydrogens (primary N) is 1. The van der Waals surface area contributed by atoms with Gasteiger partial charge in [-0.15, -0.1) is 0 Å². The molecule has 0 bridgehead atoms. The van der Waals surface area contributed by atoms with Gasteiger partial charge in [-0.2, -0.15) is 4.98 Å². The van der Waals surface area contributed by atoms with Gasteiger partial charge >= 0.3 is 0 Å². The van der Waals surface area contributed by atoms with Crippen LogP contribution in [0.25, 0.3) is 0 Å². The van der Waals surface area contributed by atoms with Crippen molar-refractivity contribution < 1.29 is 0 Å². The quantitative estimate of drug-likeness (QED) is 0.899. The lowest BCUT2D eigenvalue weighted by atomic mass is 10.4. The van der Waals surface area contributed by atoms with Crippen LogP contribution in [-0.4, -0.2) is 23.1 Å². The molecule has 14 heavy (non-hydrogen) atoms. The smallest absolute Gasteiger partial charge is 0.222 e. The number of hydrogen-bond donors (Lipinski definition) is 1. The largest absolute Gasteiger partial charge is 0.368 e. The number of nitrogens with zero attached hydrogens (tertiary/aromatic N) is 3. The van der Waals surface area contributed by atoms with Crippen LogP contribution in [0.15, 0.2) is 10.7 Å². The number of aromatic nitrogens is 2. The molecule has 1 heterocycles. The summed E-state index contributed by atoms with van der Waals surface area (Å²) >= 11 is 3.42. The first-order valence-electron chi connectivity index (χ1n) is 4.72. The highest BCUT2D eigenvalue weighted by Crippen LogP contribution is 2.23. The van der Waals surface area contributed by atoms with Crippen LogP contribution >= 0.6 is 15.9 Å². The van der Waals surface area contributed by atoms with Crippen molar-refractivity contribution in [3.05, 3.63) is 10.7 Å². The molecular formula is C9H15BrN4. The average molecular weight is 259 g/mol. The summed E-state index contributed by atoms with van der Waals surface area (Å²) in [5, 5.41) is 0. The summed E-state index contributed by atoms with van der Waals surface area (Å²) in [5.41, 5.74) is 5.55. The van der Waals surface area contributed by atoms with E-state index in [-0.39, 0.29) is 0 Å². The maximum Gasteiger partial charge on any atom is 0.222 e. The van der Waals surface area contributed by atoms with Gasteiger partial charge in [0.05, 0.1) is 4.47 Å². The Balaban J connectivity index is 2.96. The third-order valence-electron chi connectivity index (χ3n) is 1.92. The maximum absolute atomic E-state index is 5.55. The molecule has 0 spiro atoms. The lowest BCUT2D eigenvalue weighted by Crippen LogP contribution is -2.25. The van der Waals surface area contributed by atoms with Crippen molar-refractivity contribution >= 4 is 27.7 Å². The van der Waals surface area contributed by atoms with Crippen LogP contribution in [0, 0.1) is 0 Å². The van der Waals surface area contributed by atoms with E-state index in [1.165, 1.54) is 0 Å².